The summed E-state index contributed by atoms with van der Waals surface area (Å²) in [6.07, 6.45) is -0.848. The highest BCUT2D eigenvalue weighted by Crippen LogP contribution is 2.18. The van der Waals surface area contributed by atoms with Crippen molar-refractivity contribution in [1.82, 2.24) is 10.6 Å². The van der Waals surface area contributed by atoms with Crippen LogP contribution < -0.4 is 10.6 Å². The zero-order valence-electron chi connectivity index (χ0n) is 13.8. The van der Waals surface area contributed by atoms with Gasteiger partial charge in [0.15, 0.2) is 0 Å². The van der Waals surface area contributed by atoms with Crippen LogP contribution in [0, 0.1) is 6.92 Å². The Bertz CT molecular complexity index is 545. The highest BCUT2D eigenvalue weighted by molar-refractivity contribution is 9.10. The molecule has 130 valence electrons. The molecule has 23 heavy (non-hydrogen) atoms. The molecule has 0 heterocycles. The van der Waals surface area contributed by atoms with Gasteiger partial charge in [0, 0.05) is 11.0 Å². The maximum Gasteiger partial charge on any atom is 0.407 e. The lowest BCUT2D eigenvalue weighted by molar-refractivity contribution is -0.00376. The summed E-state index contributed by atoms with van der Waals surface area (Å²) >= 11 is 3.40. The van der Waals surface area contributed by atoms with Crippen LogP contribution in [0.2, 0.25) is 0 Å². The maximum absolute atomic E-state index is 13.7. The van der Waals surface area contributed by atoms with Gasteiger partial charge >= 0.3 is 6.09 Å². The van der Waals surface area contributed by atoms with E-state index in [1.54, 1.807) is 20.8 Å². The quantitative estimate of drug-likeness (QED) is 0.768. The molecule has 0 saturated carbocycles. The molecular formula is C16H23BrF2N2O2. The lowest BCUT2D eigenvalue weighted by Gasteiger charge is -2.22. The Kier molecular flexibility index (Phi) is 6.95. The molecule has 1 amide bonds. The van der Waals surface area contributed by atoms with Crippen molar-refractivity contribution in [2.75, 3.05) is 13.1 Å². The minimum absolute atomic E-state index is 0.320. The largest absolute Gasteiger partial charge is 0.444 e. The molecule has 0 fully saturated rings. The normalized spacial score (nSPS) is 12.1. The van der Waals surface area contributed by atoms with Gasteiger partial charge < -0.3 is 15.4 Å². The minimum Gasteiger partial charge on any atom is -0.444 e. The topological polar surface area (TPSA) is 50.4 Å². The number of ether oxygens (including phenoxy) is 1. The first kappa shape index (κ1) is 19.8. The van der Waals surface area contributed by atoms with E-state index < -0.39 is 30.7 Å². The molecule has 0 aromatic heterocycles. The van der Waals surface area contributed by atoms with E-state index in [0.29, 0.717) is 6.54 Å². The van der Waals surface area contributed by atoms with Crippen molar-refractivity contribution in [2.24, 2.45) is 0 Å². The Hall–Kier alpha value is -1.21. The second-order valence-corrected chi connectivity index (χ2v) is 7.25. The number of carbonyl (C=O) groups excluding carboxylic acids is 1. The molecule has 1 aromatic carbocycles. The van der Waals surface area contributed by atoms with Crippen LogP contribution in [0.25, 0.3) is 0 Å². The standard InChI is InChI=1S/C16H23BrF2N2O2/c1-11-5-6-12(7-13(11)17)8-20-9-16(18,19)10-21-14(22)23-15(2,3)4/h5-7,20H,8-10H2,1-4H3,(H,21,22). The van der Waals surface area contributed by atoms with E-state index in [-0.39, 0.29) is 0 Å². The second-order valence-electron chi connectivity index (χ2n) is 6.40. The lowest BCUT2D eigenvalue weighted by Crippen LogP contribution is -2.44. The number of rotatable bonds is 6. The number of nitrogens with one attached hydrogen (secondary N) is 2. The predicted molar refractivity (Wildman–Crippen MR) is 89.8 cm³/mol. The van der Waals surface area contributed by atoms with Gasteiger partial charge in [-0.2, -0.15) is 0 Å². The van der Waals surface area contributed by atoms with Gasteiger partial charge in [-0.3, -0.25) is 0 Å². The van der Waals surface area contributed by atoms with Crippen molar-refractivity contribution < 1.29 is 18.3 Å². The number of hydrogen-bond donors (Lipinski definition) is 2. The molecule has 4 nitrogen and oxygen atoms in total. The Morgan fingerprint density at radius 3 is 2.48 bits per heavy atom. The lowest BCUT2D eigenvalue weighted by atomic mass is 10.1. The summed E-state index contributed by atoms with van der Waals surface area (Å²) in [5, 5.41) is 4.78. The maximum atomic E-state index is 13.7. The third-order valence-electron chi connectivity index (χ3n) is 2.84. The van der Waals surface area contributed by atoms with Gasteiger partial charge in [-0.1, -0.05) is 28.1 Å². The van der Waals surface area contributed by atoms with Crippen molar-refractivity contribution in [3.63, 3.8) is 0 Å². The zero-order valence-corrected chi connectivity index (χ0v) is 15.4. The molecule has 0 bridgehead atoms. The molecule has 0 spiro atoms. The van der Waals surface area contributed by atoms with Crippen LogP contribution in [-0.2, 0) is 11.3 Å². The van der Waals surface area contributed by atoms with Gasteiger partial charge in [0.1, 0.15) is 5.60 Å². The van der Waals surface area contributed by atoms with E-state index in [0.717, 1.165) is 15.6 Å². The van der Waals surface area contributed by atoms with Gasteiger partial charge in [-0.15, -0.1) is 0 Å². The van der Waals surface area contributed by atoms with Gasteiger partial charge in [0.05, 0.1) is 13.1 Å². The molecular weight excluding hydrogens is 370 g/mol. The molecule has 0 aliphatic rings. The van der Waals surface area contributed by atoms with E-state index >= 15 is 0 Å². The zero-order chi connectivity index (χ0) is 17.7. The van der Waals surface area contributed by atoms with Crippen LogP contribution in [0.3, 0.4) is 0 Å². The van der Waals surface area contributed by atoms with Crippen LogP contribution >= 0.6 is 15.9 Å². The number of alkyl halides is 2. The van der Waals surface area contributed by atoms with Crippen LogP contribution in [0.1, 0.15) is 31.9 Å². The van der Waals surface area contributed by atoms with Crippen molar-refractivity contribution in [2.45, 2.75) is 45.8 Å². The van der Waals surface area contributed by atoms with Crippen molar-refractivity contribution in [3.8, 4) is 0 Å². The molecule has 0 aliphatic heterocycles. The number of halogens is 3. The summed E-state index contributed by atoms with van der Waals surface area (Å²) < 4.78 is 33.3. The predicted octanol–water partition coefficient (Wildman–Crippen LogP) is 4.01. The summed E-state index contributed by atoms with van der Waals surface area (Å²) in [5.74, 6) is -3.06. The van der Waals surface area contributed by atoms with Crippen LogP contribution in [0.4, 0.5) is 13.6 Å². The van der Waals surface area contributed by atoms with E-state index in [1.807, 2.05) is 25.1 Å². The fraction of sp³-hybridized carbons (Fsp3) is 0.562. The van der Waals surface area contributed by atoms with Crippen LogP contribution in [-0.4, -0.2) is 30.7 Å². The molecule has 1 aromatic rings. The molecule has 2 N–H and O–H groups in total. The Morgan fingerprint density at radius 2 is 1.91 bits per heavy atom. The Morgan fingerprint density at radius 1 is 1.26 bits per heavy atom. The van der Waals surface area contributed by atoms with Gasteiger partial charge in [0.2, 0.25) is 0 Å². The van der Waals surface area contributed by atoms with Gasteiger partial charge in [-0.25, -0.2) is 13.6 Å². The SMILES string of the molecule is Cc1ccc(CNCC(F)(F)CNC(=O)OC(C)(C)C)cc1Br. The number of carbonyl (C=O) groups is 1. The molecule has 0 unspecified atom stereocenters. The monoisotopic (exact) mass is 392 g/mol. The molecule has 0 atom stereocenters. The van der Waals surface area contributed by atoms with Gasteiger partial charge in [-0.05, 0) is 44.9 Å². The van der Waals surface area contributed by atoms with E-state index in [1.165, 1.54) is 0 Å². The van der Waals surface area contributed by atoms with E-state index in [2.05, 4.69) is 26.6 Å². The minimum atomic E-state index is -3.06. The first-order valence-electron chi connectivity index (χ1n) is 7.29. The molecule has 0 radical (unpaired) electrons. The van der Waals surface area contributed by atoms with E-state index in [9.17, 15) is 13.6 Å². The average molecular weight is 393 g/mol. The Balaban J connectivity index is 2.37. The van der Waals surface area contributed by atoms with E-state index in [4.69, 9.17) is 4.74 Å². The summed E-state index contributed by atoms with van der Waals surface area (Å²) in [5.41, 5.74) is 1.27. The number of amides is 1. The molecule has 0 aliphatic carbocycles. The van der Waals surface area contributed by atoms with Crippen LogP contribution in [0.15, 0.2) is 22.7 Å². The van der Waals surface area contributed by atoms with Crippen molar-refractivity contribution in [1.29, 1.82) is 0 Å². The van der Waals surface area contributed by atoms with Gasteiger partial charge in [0.25, 0.3) is 5.92 Å². The highest BCUT2D eigenvalue weighted by atomic mass is 79.9. The number of aryl methyl sites for hydroxylation is 1. The third-order valence-corrected chi connectivity index (χ3v) is 3.69. The first-order valence-corrected chi connectivity index (χ1v) is 8.08. The van der Waals surface area contributed by atoms with Crippen LogP contribution in [0.5, 0.6) is 0 Å². The van der Waals surface area contributed by atoms with Crippen molar-refractivity contribution in [3.05, 3.63) is 33.8 Å². The number of alkyl carbamates (subject to hydrolysis) is 1. The fourth-order valence-electron chi connectivity index (χ4n) is 1.71. The summed E-state index contributed by atoms with van der Waals surface area (Å²) in [7, 11) is 0. The average Bonchev–Trinajstić information content (AvgIpc) is 2.39. The summed E-state index contributed by atoms with van der Waals surface area (Å²) in [4.78, 5) is 11.4. The second kappa shape index (κ2) is 8.06. The molecule has 0 saturated heterocycles. The highest BCUT2D eigenvalue weighted by Gasteiger charge is 2.30. The summed E-state index contributed by atoms with van der Waals surface area (Å²) in [6, 6.07) is 5.69. The Labute approximate surface area is 144 Å². The molecule has 7 heteroatoms. The molecule has 1 rings (SSSR count). The van der Waals surface area contributed by atoms with Crippen molar-refractivity contribution >= 4 is 22.0 Å². The number of benzene rings is 1. The smallest absolute Gasteiger partial charge is 0.407 e. The summed E-state index contributed by atoms with van der Waals surface area (Å²) in [6.45, 7) is 5.99. The third kappa shape index (κ3) is 8.27. The fourth-order valence-corrected chi connectivity index (χ4v) is 2.14. The first-order chi connectivity index (χ1) is 10.5. The number of hydrogen-bond acceptors (Lipinski definition) is 3.